The third kappa shape index (κ3) is 8.27. The molecular weight excluding hydrogens is 647 g/mol. The molecule has 3 N–H and O–H groups in total. The van der Waals surface area contributed by atoms with Crippen molar-refractivity contribution in [3.05, 3.63) is 29.7 Å². The number of carbonyl (C=O) groups excluding carboxylic acids is 1. The summed E-state index contributed by atoms with van der Waals surface area (Å²) in [6, 6.07) is 2.14. The number of carbonyl (C=O) groups is 1. The van der Waals surface area contributed by atoms with Gasteiger partial charge >= 0.3 is 12.5 Å². The van der Waals surface area contributed by atoms with Crippen LogP contribution in [0.1, 0.15) is 26.7 Å². The van der Waals surface area contributed by atoms with Crippen LogP contribution in [0.4, 0.5) is 30.7 Å². The Morgan fingerprint density at radius 1 is 1.21 bits per heavy atom. The zero-order valence-electron chi connectivity index (χ0n) is 18.3. The van der Waals surface area contributed by atoms with Crippen molar-refractivity contribution in [2.45, 2.75) is 44.8 Å². The fourth-order valence-electron chi connectivity index (χ4n) is 3.94. The first kappa shape index (κ1) is 30.4. The fraction of sp³-hybridized carbons (Fsp3) is 0.650. The second-order valence-electron chi connectivity index (χ2n) is 8.96. The largest absolute Gasteiger partial charge is 0.677 e. The number of rotatable bonds is 5. The molecular formula is C20H25F7N3O3W-. The number of benzene rings is 1. The summed E-state index contributed by atoms with van der Waals surface area (Å²) in [4.78, 5) is 13.5. The molecule has 1 aliphatic carbocycles. The van der Waals surface area contributed by atoms with Crippen molar-refractivity contribution >= 4 is 5.91 Å². The third-order valence-electron chi connectivity index (χ3n) is 5.52. The van der Waals surface area contributed by atoms with Gasteiger partial charge in [-0.2, -0.15) is 13.2 Å². The van der Waals surface area contributed by atoms with Gasteiger partial charge in [-0.15, -0.1) is 19.7 Å². The minimum atomic E-state index is -4.96. The number of likely N-dealkylation sites (tertiary alicyclic amines) is 1. The van der Waals surface area contributed by atoms with Crippen molar-refractivity contribution in [2.75, 3.05) is 26.2 Å². The maximum atomic E-state index is 12.6. The Hall–Kier alpha value is -1.59. The van der Waals surface area contributed by atoms with E-state index in [9.17, 15) is 35.5 Å². The topological polar surface area (TPSA) is 85.6 Å². The van der Waals surface area contributed by atoms with Gasteiger partial charge in [-0.25, -0.2) is 4.39 Å². The van der Waals surface area contributed by atoms with Crippen LogP contribution in [0.3, 0.4) is 0 Å². The van der Waals surface area contributed by atoms with Gasteiger partial charge in [0, 0.05) is 40.2 Å². The average molecular weight is 672 g/mol. The number of aromatic hydroxyl groups is 1. The van der Waals surface area contributed by atoms with E-state index >= 15 is 0 Å². The van der Waals surface area contributed by atoms with Gasteiger partial charge in [0.05, 0.1) is 6.54 Å². The maximum absolute atomic E-state index is 12.6. The molecule has 2 fully saturated rings. The molecule has 0 atom stereocenters. The molecule has 194 valence electrons. The molecule has 0 bridgehead atoms. The van der Waals surface area contributed by atoms with Crippen LogP contribution in [0.15, 0.2) is 18.2 Å². The van der Waals surface area contributed by atoms with E-state index in [2.05, 4.69) is 4.74 Å². The molecule has 3 rings (SSSR count). The number of phenolic OH excluding ortho intramolecular Hbond substituents is 1. The van der Waals surface area contributed by atoms with Gasteiger partial charge in [0.2, 0.25) is 5.91 Å². The molecule has 1 spiro atoms. The Labute approximate surface area is 206 Å². The van der Waals surface area contributed by atoms with Gasteiger partial charge in [0.25, 0.3) is 0 Å². The van der Waals surface area contributed by atoms with Gasteiger partial charge in [0.15, 0.2) is 11.6 Å². The zero-order valence-corrected chi connectivity index (χ0v) is 21.3. The normalized spacial score (nSPS) is 18.1. The van der Waals surface area contributed by atoms with Crippen LogP contribution in [0, 0.1) is 17.2 Å². The molecule has 1 aliphatic heterocycles. The quantitative estimate of drug-likeness (QED) is 0.447. The van der Waals surface area contributed by atoms with E-state index in [1.165, 1.54) is 0 Å². The summed E-state index contributed by atoms with van der Waals surface area (Å²) in [5.74, 6) is -2.85. The molecule has 1 aromatic carbocycles. The van der Waals surface area contributed by atoms with Crippen molar-refractivity contribution in [2.24, 2.45) is 11.3 Å². The number of alkyl halides is 6. The Morgan fingerprint density at radius 3 is 2.24 bits per heavy atom. The average Bonchev–Trinajstić information content (AvgIpc) is 2.57. The molecule has 1 saturated heterocycles. The molecule has 0 aromatic heterocycles. The van der Waals surface area contributed by atoms with E-state index in [0.29, 0.717) is 24.6 Å². The molecule has 0 unspecified atom stereocenters. The number of nitrogens with zero attached hydrogens (tertiary/aromatic N) is 1. The Kier molecular flexibility index (Phi) is 9.84. The van der Waals surface area contributed by atoms with Gasteiger partial charge in [-0.05, 0) is 44.2 Å². The smallest absolute Gasteiger partial charge is 0.573 e. The van der Waals surface area contributed by atoms with Gasteiger partial charge in [-0.3, -0.25) is 9.69 Å². The number of ether oxygens (including phenoxy) is 1. The number of hydrogen-bond acceptors (Lipinski definition) is 4. The molecule has 1 aromatic rings. The molecule has 34 heavy (non-hydrogen) atoms. The SMILES string of the molecule is CC(C)(NC(=O)CN1CC2(CC(C[NH-])C2)C1)C(F)(F)F.Oc1ccc(F)c(OC(F)(F)F)c1.[W]. The Morgan fingerprint density at radius 2 is 1.76 bits per heavy atom. The predicted octanol–water partition coefficient (Wildman–Crippen LogP) is 4.64. The fourth-order valence-corrected chi connectivity index (χ4v) is 3.94. The zero-order chi connectivity index (χ0) is 25.2. The number of phenols is 1. The number of nitrogens with one attached hydrogen (secondary N) is 2. The second kappa shape index (κ2) is 11.0. The summed E-state index contributed by atoms with van der Waals surface area (Å²) < 4.78 is 88.5. The maximum Gasteiger partial charge on any atom is 0.573 e. The summed E-state index contributed by atoms with van der Waals surface area (Å²) in [6.45, 7) is 3.93. The second-order valence-corrected chi connectivity index (χ2v) is 8.96. The van der Waals surface area contributed by atoms with E-state index < -0.39 is 41.3 Å². The van der Waals surface area contributed by atoms with E-state index in [-0.39, 0.29) is 33.0 Å². The molecule has 1 heterocycles. The first-order chi connectivity index (χ1) is 15.0. The van der Waals surface area contributed by atoms with Crippen molar-refractivity contribution in [1.29, 1.82) is 0 Å². The molecule has 14 heteroatoms. The van der Waals surface area contributed by atoms with Gasteiger partial charge in [0.1, 0.15) is 11.3 Å². The minimum absolute atomic E-state index is 0. The van der Waals surface area contributed by atoms with Crippen molar-refractivity contribution < 1.29 is 66.4 Å². The summed E-state index contributed by atoms with van der Waals surface area (Å²) in [5, 5.41) is 10.8. The van der Waals surface area contributed by atoms with Crippen LogP contribution in [0.2, 0.25) is 0 Å². The van der Waals surface area contributed by atoms with Crippen molar-refractivity contribution in [3.8, 4) is 11.5 Å². The van der Waals surface area contributed by atoms with Crippen LogP contribution in [0.25, 0.3) is 5.73 Å². The predicted molar refractivity (Wildman–Crippen MR) is 104 cm³/mol. The van der Waals surface area contributed by atoms with Crippen molar-refractivity contribution in [3.63, 3.8) is 0 Å². The van der Waals surface area contributed by atoms with Crippen LogP contribution < -0.4 is 10.1 Å². The number of halogens is 7. The summed E-state index contributed by atoms with van der Waals surface area (Å²) >= 11 is 0. The molecule has 0 radical (unpaired) electrons. The monoisotopic (exact) mass is 672 g/mol. The molecule has 1 saturated carbocycles. The summed E-state index contributed by atoms with van der Waals surface area (Å²) in [7, 11) is 0. The van der Waals surface area contributed by atoms with Crippen LogP contribution in [-0.2, 0) is 25.9 Å². The van der Waals surface area contributed by atoms with Crippen LogP contribution in [0.5, 0.6) is 11.5 Å². The van der Waals surface area contributed by atoms with Gasteiger partial charge < -0.3 is 20.9 Å². The Balaban J connectivity index is 0.000000360. The molecule has 2 aliphatic rings. The van der Waals surface area contributed by atoms with Crippen molar-refractivity contribution in [1.82, 2.24) is 10.2 Å². The number of hydrogen-bond donors (Lipinski definition) is 2. The van der Waals surface area contributed by atoms with E-state index in [1.807, 2.05) is 10.2 Å². The third-order valence-corrected chi connectivity index (χ3v) is 5.52. The first-order valence-corrected chi connectivity index (χ1v) is 9.94. The van der Waals surface area contributed by atoms with Crippen LogP contribution >= 0.6 is 0 Å². The molecule has 1 amide bonds. The van der Waals surface area contributed by atoms with E-state index in [1.54, 1.807) is 0 Å². The summed E-state index contributed by atoms with van der Waals surface area (Å²) in [5.41, 5.74) is 5.32. The van der Waals surface area contributed by atoms with E-state index in [0.717, 1.165) is 45.8 Å². The minimum Gasteiger partial charge on any atom is -0.677 e. The first-order valence-electron chi connectivity index (χ1n) is 9.94. The summed E-state index contributed by atoms with van der Waals surface area (Å²) in [6.07, 6.45) is -7.38. The van der Waals surface area contributed by atoms with Crippen LogP contribution in [-0.4, -0.2) is 60.2 Å². The standard InChI is InChI=1S/C13H21F3N3O.C7H4F4O2.W/c1-11(2,13(14,15)16)18-10(20)6-19-7-12(8-19)3-9(4-12)5-17;8-5-2-1-4(12)3-6(5)13-7(9,10)11;/h9,17H,3-8H2,1-2H3,(H,18,20);1-3,12H;/q-1;;. The number of amides is 1. The molecule has 6 nitrogen and oxygen atoms in total. The Bertz CT molecular complexity index is 836. The van der Waals surface area contributed by atoms with Gasteiger partial charge in [-0.1, -0.05) is 5.92 Å². The van der Waals surface area contributed by atoms with E-state index in [4.69, 9.17) is 10.8 Å².